The van der Waals surface area contributed by atoms with Crippen molar-refractivity contribution in [2.45, 2.75) is 37.6 Å². The summed E-state index contributed by atoms with van der Waals surface area (Å²) in [6.07, 6.45) is -0.220. The van der Waals surface area contributed by atoms with Gasteiger partial charge in [0.05, 0.1) is 0 Å². The van der Waals surface area contributed by atoms with Crippen molar-refractivity contribution in [2.75, 3.05) is 0 Å². The average molecular weight is 279 g/mol. The van der Waals surface area contributed by atoms with Gasteiger partial charge in [0.1, 0.15) is 9.75 Å². The van der Waals surface area contributed by atoms with Gasteiger partial charge in [-0.25, -0.2) is 0 Å². The van der Waals surface area contributed by atoms with E-state index in [-0.39, 0.29) is 5.89 Å². The fourth-order valence-electron chi connectivity index (χ4n) is 1.44. The summed E-state index contributed by atoms with van der Waals surface area (Å²) in [7, 11) is 0. The van der Waals surface area contributed by atoms with Crippen LogP contribution in [0.4, 0.5) is 0 Å². The molecule has 0 spiro atoms. The van der Waals surface area contributed by atoms with E-state index in [1.54, 1.807) is 20.8 Å². The summed E-state index contributed by atoms with van der Waals surface area (Å²) in [5.41, 5.74) is -0.848. The Morgan fingerprint density at radius 1 is 1.59 bits per heavy atom. The lowest BCUT2D eigenvalue weighted by atomic mass is 10.1. The molecule has 0 amide bonds. The van der Waals surface area contributed by atoms with Gasteiger partial charge in [0.25, 0.3) is 5.89 Å². The zero-order valence-electron chi connectivity index (χ0n) is 9.66. The van der Waals surface area contributed by atoms with Crippen LogP contribution in [0.2, 0.25) is 0 Å². The molecule has 1 aromatic rings. The molecule has 0 N–H and O–H groups in total. The van der Waals surface area contributed by atoms with Crippen LogP contribution in [0.1, 0.15) is 38.1 Å². The van der Waals surface area contributed by atoms with Crippen LogP contribution in [-0.2, 0) is 9.53 Å². The Hall–Kier alpha value is -0.810. The topological polar surface area (TPSA) is 65.2 Å². The molecule has 1 saturated carbocycles. The highest BCUT2D eigenvalue weighted by molar-refractivity contribution is 6.53. The molecule has 2 rings (SSSR count). The number of aryl methyl sites for hydroxylation is 1. The molecule has 0 saturated heterocycles. The summed E-state index contributed by atoms with van der Waals surface area (Å²) in [6, 6.07) is 0. The highest BCUT2D eigenvalue weighted by Crippen LogP contribution is 2.64. The predicted octanol–water partition coefficient (Wildman–Crippen LogP) is 2.57. The smallest absolute Gasteiger partial charge is 0.315 e. The standard InChI is InChI=1S/C10H12Cl2N2O3/c1-5(7-13-6(2)14-17-7)16-8(15)9(3)4-10(9,11)12/h5H,4H2,1-3H3. The quantitative estimate of drug-likeness (QED) is 0.628. The molecule has 5 nitrogen and oxygen atoms in total. The lowest BCUT2D eigenvalue weighted by Crippen LogP contribution is -2.22. The number of hydrogen-bond donors (Lipinski definition) is 0. The molecule has 1 aromatic heterocycles. The number of aromatic nitrogens is 2. The molecule has 0 radical (unpaired) electrons. The van der Waals surface area contributed by atoms with Crippen molar-refractivity contribution >= 4 is 29.2 Å². The van der Waals surface area contributed by atoms with E-state index in [0.29, 0.717) is 12.2 Å². The second kappa shape index (κ2) is 3.85. The maximum Gasteiger partial charge on any atom is 0.315 e. The van der Waals surface area contributed by atoms with Gasteiger partial charge in [-0.1, -0.05) is 5.16 Å². The largest absolute Gasteiger partial charge is 0.452 e. The third-order valence-corrected chi connectivity index (χ3v) is 3.98. The molecule has 94 valence electrons. The van der Waals surface area contributed by atoms with E-state index in [2.05, 4.69) is 10.1 Å². The molecule has 1 fully saturated rings. The minimum atomic E-state index is -1.03. The van der Waals surface area contributed by atoms with Gasteiger partial charge in [0.15, 0.2) is 11.9 Å². The average Bonchev–Trinajstić information content (AvgIpc) is 2.61. The van der Waals surface area contributed by atoms with E-state index in [4.69, 9.17) is 32.5 Å². The van der Waals surface area contributed by atoms with Gasteiger partial charge in [0, 0.05) is 6.42 Å². The van der Waals surface area contributed by atoms with Crippen molar-refractivity contribution in [3.63, 3.8) is 0 Å². The Labute approximate surface area is 108 Å². The van der Waals surface area contributed by atoms with Crippen molar-refractivity contribution in [1.82, 2.24) is 10.1 Å². The van der Waals surface area contributed by atoms with E-state index >= 15 is 0 Å². The molecule has 1 heterocycles. The first-order valence-electron chi connectivity index (χ1n) is 5.15. The maximum absolute atomic E-state index is 11.9. The predicted molar refractivity (Wildman–Crippen MR) is 60.7 cm³/mol. The number of hydrogen-bond acceptors (Lipinski definition) is 5. The van der Waals surface area contributed by atoms with Gasteiger partial charge in [-0.2, -0.15) is 4.98 Å². The van der Waals surface area contributed by atoms with Crippen molar-refractivity contribution in [1.29, 1.82) is 0 Å². The van der Waals surface area contributed by atoms with Crippen LogP contribution in [0.25, 0.3) is 0 Å². The molecule has 1 aliphatic carbocycles. The van der Waals surface area contributed by atoms with Crippen molar-refractivity contribution in [2.24, 2.45) is 5.41 Å². The van der Waals surface area contributed by atoms with Gasteiger partial charge in [0.2, 0.25) is 0 Å². The number of carbonyl (C=O) groups is 1. The van der Waals surface area contributed by atoms with Gasteiger partial charge in [-0.3, -0.25) is 4.79 Å². The van der Waals surface area contributed by atoms with Gasteiger partial charge in [-0.05, 0) is 20.8 Å². The van der Waals surface area contributed by atoms with E-state index in [0.717, 1.165) is 0 Å². The van der Waals surface area contributed by atoms with Crippen LogP contribution >= 0.6 is 23.2 Å². The highest BCUT2D eigenvalue weighted by Gasteiger charge is 2.69. The molecular formula is C10H12Cl2N2O3. The Kier molecular flexibility index (Phi) is 2.86. The SMILES string of the molecule is Cc1noc(C(C)OC(=O)C2(C)CC2(Cl)Cl)n1. The normalized spacial score (nSPS) is 27.6. The van der Waals surface area contributed by atoms with Crippen LogP contribution in [0.3, 0.4) is 0 Å². The zero-order chi connectivity index (χ0) is 12.8. The number of ether oxygens (including phenoxy) is 1. The lowest BCUT2D eigenvalue weighted by Gasteiger charge is -2.14. The van der Waals surface area contributed by atoms with Crippen molar-refractivity contribution in [3.05, 3.63) is 11.7 Å². The molecule has 0 aliphatic heterocycles. The monoisotopic (exact) mass is 278 g/mol. The van der Waals surface area contributed by atoms with Crippen molar-refractivity contribution in [3.8, 4) is 0 Å². The van der Waals surface area contributed by atoms with Crippen LogP contribution in [-0.4, -0.2) is 20.4 Å². The lowest BCUT2D eigenvalue weighted by molar-refractivity contribution is -0.155. The first kappa shape index (κ1) is 12.6. The van der Waals surface area contributed by atoms with Crippen molar-refractivity contribution < 1.29 is 14.1 Å². The van der Waals surface area contributed by atoms with E-state index < -0.39 is 21.8 Å². The summed E-state index contributed by atoms with van der Waals surface area (Å²) < 4.78 is 9.08. The number of alkyl halides is 2. The second-order valence-corrected chi connectivity index (χ2v) is 5.92. The third kappa shape index (κ3) is 2.13. The Morgan fingerprint density at radius 2 is 2.18 bits per heavy atom. The molecule has 17 heavy (non-hydrogen) atoms. The minimum Gasteiger partial charge on any atom is -0.452 e. The molecule has 2 atom stereocenters. The summed E-state index contributed by atoms with van der Waals surface area (Å²) >= 11 is 11.8. The van der Waals surface area contributed by atoms with Crippen LogP contribution in [0.5, 0.6) is 0 Å². The third-order valence-electron chi connectivity index (χ3n) is 2.88. The fraction of sp³-hybridized carbons (Fsp3) is 0.700. The first-order chi connectivity index (χ1) is 7.76. The minimum absolute atomic E-state index is 0.259. The van der Waals surface area contributed by atoms with E-state index in [1.807, 2.05) is 0 Å². The number of carbonyl (C=O) groups excluding carboxylic acids is 1. The highest BCUT2D eigenvalue weighted by atomic mass is 35.5. The number of esters is 1. The van der Waals surface area contributed by atoms with Gasteiger partial charge >= 0.3 is 5.97 Å². The molecule has 0 bridgehead atoms. The van der Waals surface area contributed by atoms with E-state index in [9.17, 15) is 4.79 Å². The van der Waals surface area contributed by atoms with Crippen LogP contribution < -0.4 is 0 Å². The number of nitrogens with zero attached hydrogens (tertiary/aromatic N) is 2. The fourth-order valence-corrected chi connectivity index (χ4v) is 2.13. The Balaban J connectivity index is 2.01. The number of rotatable bonds is 3. The zero-order valence-corrected chi connectivity index (χ0v) is 11.2. The van der Waals surface area contributed by atoms with Crippen LogP contribution in [0.15, 0.2) is 4.52 Å². The van der Waals surface area contributed by atoms with E-state index in [1.165, 1.54) is 0 Å². The molecule has 2 unspecified atom stereocenters. The summed E-state index contributed by atoms with van der Waals surface area (Å²) in [4.78, 5) is 15.8. The molecule has 1 aliphatic rings. The number of halogens is 2. The molecular weight excluding hydrogens is 267 g/mol. The maximum atomic E-state index is 11.9. The summed E-state index contributed by atoms with van der Waals surface area (Å²) in [5.74, 6) is 0.297. The van der Waals surface area contributed by atoms with Gasteiger partial charge in [-0.15, -0.1) is 23.2 Å². The Morgan fingerprint density at radius 3 is 2.59 bits per heavy atom. The molecule has 7 heteroatoms. The molecule has 0 aromatic carbocycles. The van der Waals surface area contributed by atoms with Gasteiger partial charge < -0.3 is 9.26 Å². The summed E-state index contributed by atoms with van der Waals surface area (Å²) in [5, 5.41) is 3.62. The second-order valence-electron chi connectivity index (χ2n) is 4.44. The van der Waals surface area contributed by atoms with Crippen LogP contribution in [0, 0.1) is 12.3 Å². The first-order valence-corrected chi connectivity index (χ1v) is 5.91. The summed E-state index contributed by atoms with van der Waals surface area (Å²) in [6.45, 7) is 5.01. The Bertz CT molecular complexity index is 460.